The van der Waals surface area contributed by atoms with E-state index in [2.05, 4.69) is 10.1 Å². The van der Waals surface area contributed by atoms with Crippen LogP contribution in [0.1, 0.15) is 12.0 Å². The fourth-order valence-corrected chi connectivity index (χ4v) is 1.57. The Morgan fingerprint density at radius 3 is 2.72 bits per heavy atom. The number of carbonyl (C=O) groups is 2. The van der Waals surface area contributed by atoms with Gasteiger partial charge in [0.25, 0.3) is 6.41 Å². The van der Waals surface area contributed by atoms with Gasteiger partial charge >= 0.3 is 11.9 Å². The summed E-state index contributed by atoms with van der Waals surface area (Å²) >= 11 is 0. The molecule has 1 heterocycles. The third kappa shape index (κ3) is 3.28. The van der Waals surface area contributed by atoms with Crippen LogP contribution in [0.5, 0.6) is 0 Å². The number of ether oxygens (including phenoxy) is 2. The normalized spacial score (nSPS) is 22.6. The molecular weight excluding hydrogens is 238 g/mol. The van der Waals surface area contributed by atoms with Gasteiger partial charge in [0.2, 0.25) is 0 Å². The first kappa shape index (κ1) is 12.5. The Morgan fingerprint density at radius 1 is 1.39 bits per heavy atom. The van der Waals surface area contributed by atoms with Gasteiger partial charge in [0.05, 0.1) is 6.42 Å². The average Bonchev–Trinajstić information content (AvgIpc) is 2.67. The average molecular weight is 251 g/mol. The molecule has 2 atom stereocenters. The molecule has 96 valence electrons. The first-order valence-electron chi connectivity index (χ1n) is 5.49. The van der Waals surface area contributed by atoms with Crippen molar-refractivity contribution in [2.24, 2.45) is 0 Å². The number of hydrogen-bond acceptors (Lipinski definition) is 6. The fraction of sp³-hybridized carbons (Fsp3) is 0.333. The summed E-state index contributed by atoms with van der Waals surface area (Å²) in [6.45, 7) is 0.157. The number of benzene rings is 1. The van der Waals surface area contributed by atoms with E-state index >= 15 is 0 Å². The summed E-state index contributed by atoms with van der Waals surface area (Å²) in [6, 6.07) is 8.37. The number of nitrogens with one attached hydrogen (secondary N) is 1. The van der Waals surface area contributed by atoms with Crippen molar-refractivity contribution in [2.45, 2.75) is 25.5 Å². The standard InChI is InChI=1S/C12H13NO5/c14-10(6-9-11(15)18-12(16)13-9)17-7-8-4-2-1-3-5-8/h1-5,9,12-13,16H,6-7H2. The van der Waals surface area contributed by atoms with Crippen molar-refractivity contribution in [1.29, 1.82) is 0 Å². The van der Waals surface area contributed by atoms with Crippen LogP contribution in [0, 0.1) is 0 Å². The highest BCUT2D eigenvalue weighted by molar-refractivity contribution is 5.83. The van der Waals surface area contributed by atoms with E-state index in [4.69, 9.17) is 9.84 Å². The number of esters is 2. The minimum Gasteiger partial charge on any atom is -0.461 e. The molecule has 0 saturated carbocycles. The molecular formula is C12H13NO5. The van der Waals surface area contributed by atoms with E-state index in [0.29, 0.717) is 0 Å². The van der Waals surface area contributed by atoms with Crippen molar-refractivity contribution in [3.05, 3.63) is 35.9 Å². The summed E-state index contributed by atoms with van der Waals surface area (Å²) in [7, 11) is 0. The van der Waals surface area contributed by atoms with Gasteiger partial charge in [0, 0.05) is 0 Å². The van der Waals surface area contributed by atoms with Crippen LogP contribution in [-0.4, -0.2) is 29.5 Å². The predicted molar refractivity (Wildman–Crippen MR) is 59.9 cm³/mol. The highest BCUT2D eigenvalue weighted by atomic mass is 16.7. The van der Waals surface area contributed by atoms with E-state index in [1.54, 1.807) is 0 Å². The quantitative estimate of drug-likeness (QED) is 0.727. The van der Waals surface area contributed by atoms with Crippen LogP contribution >= 0.6 is 0 Å². The number of rotatable bonds is 4. The highest BCUT2D eigenvalue weighted by Gasteiger charge is 2.34. The minimum absolute atomic E-state index is 0.157. The number of aliphatic hydroxyl groups excluding tert-OH is 1. The maximum Gasteiger partial charge on any atom is 0.327 e. The summed E-state index contributed by atoms with van der Waals surface area (Å²) in [6.07, 6.45) is -1.51. The molecule has 0 aliphatic carbocycles. The summed E-state index contributed by atoms with van der Waals surface area (Å²) in [5.74, 6) is -1.18. The van der Waals surface area contributed by atoms with Gasteiger partial charge in [-0.25, -0.2) is 5.32 Å². The molecule has 1 aliphatic heterocycles. The first-order chi connectivity index (χ1) is 8.65. The van der Waals surface area contributed by atoms with Gasteiger partial charge < -0.3 is 14.6 Å². The van der Waals surface area contributed by atoms with Crippen LogP contribution in [0.15, 0.2) is 30.3 Å². The van der Waals surface area contributed by atoms with Gasteiger partial charge in [-0.15, -0.1) is 0 Å². The maximum atomic E-state index is 11.5. The second-order valence-electron chi connectivity index (χ2n) is 3.86. The van der Waals surface area contributed by atoms with Gasteiger partial charge in [-0.3, -0.25) is 9.59 Å². The first-order valence-corrected chi connectivity index (χ1v) is 5.49. The zero-order valence-corrected chi connectivity index (χ0v) is 9.54. The van der Waals surface area contributed by atoms with Crippen LogP contribution in [-0.2, 0) is 25.7 Å². The third-order valence-electron chi connectivity index (χ3n) is 2.47. The molecule has 1 aromatic rings. The SMILES string of the molecule is O=C(CC1NC(O)OC1=O)OCc1ccccc1. The van der Waals surface area contributed by atoms with Crippen molar-refractivity contribution in [3.8, 4) is 0 Å². The summed E-state index contributed by atoms with van der Waals surface area (Å²) in [5.41, 5.74) is 0.868. The van der Waals surface area contributed by atoms with Gasteiger partial charge in [0.15, 0.2) is 0 Å². The van der Waals surface area contributed by atoms with Crippen LogP contribution in [0.3, 0.4) is 0 Å². The molecule has 18 heavy (non-hydrogen) atoms. The van der Waals surface area contributed by atoms with Crippen molar-refractivity contribution >= 4 is 11.9 Å². The van der Waals surface area contributed by atoms with E-state index in [-0.39, 0.29) is 13.0 Å². The zero-order chi connectivity index (χ0) is 13.0. The number of cyclic esters (lactones) is 1. The Labute approximate surface area is 104 Å². The van der Waals surface area contributed by atoms with Gasteiger partial charge in [-0.05, 0) is 5.56 Å². The van der Waals surface area contributed by atoms with Crippen LogP contribution < -0.4 is 5.32 Å². The Balaban J connectivity index is 1.77. The van der Waals surface area contributed by atoms with Crippen LogP contribution in [0.2, 0.25) is 0 Å². The predicted octanol–water partition coefficient (Wildman–Crippen LogP) is -0.0892. The molecule has 1 saturated heterocycles. The van der Waals surface area contributed by atoms with Crippen molar-refractivity contribution in [1.82, 2.24) is 5.32 Å². The number of hydrogen-bond donors (Lipinski definition) is 2. The Morgan fingerprint density at radius 2 is 2.11 bits per heavy atom. The van der Waals surface area contributed by atoms with Gasteiger partial charge in [-0.2, -0.15) is 0 Å². The second kappa shape index (κ2) is 5.61. The van der Waals surface area contributed by atoms with Gasteiger partial charge in [-0.1, -0.05) is 30.3 Å². The molecule has 0 amide bonds. The highest BCUT2D eigenvalue weighted by Crippen LogP contribution is 2.08. The van der Waals surface area contributed by atoms with Crippen molar-refractivity contribution in [3.63, 3.8) is 0 Å². The zero-order valence-electron chi connectivity index (χ0n) is 9.54. The van der Waals surface area contributed by atoms with Crippen LogP contribution in [0.4, 0.5) is 0 Å². The van der Waals surface area contributed by atoms with Crippen molar-refractivity contribution < 1.29 is 24.2 Å². The molecule has 0 spiro atoms. The minimum atomic E-state index is -1.34. The monoisotopic (exact) mass is 251 g/mol. The number of carbonyl (C=O) groups excluding carboxylic acids is 2. The molecule has 2 rings (SSSR count). The summed E-state index contributed by atoms with van der Waals surface area (Å²) in [5, 5.41) is 11.4. The fourth-order valence-electron chi connectivity index (χ4n) is 1.57. The van der Waals surface area contributed by atoms with E-state index in [0.717, 1.165) is 5.56 Å². The topological polar surface area (TPSA) is 84.9 Å². The third-order valence-corrected chi connectivity index (χ3v) is 2.47. The molecule has 2 N–H and O–H groups in total. The molecule has 1 fully saturated rings. The number of aliphatic hydroxyl groups is 1. The van der Waals surface area contributed by atoms with E-state index in [1.807, 2.05) is 30.3 Å². The van der Waals surface area contributed by atoms with E-state index in [1.165, 1.54) is 0 Å². The lowest BCUT2D eigenvalue weighted by molar-refractivity contribution is -0.157. The largest absolute Gasteiger partial charge is 0.461 e. The smallest absolute Gasteiger partial charge is 0.327 e. The molecule has 6 nitrogen and oxygen atoms in total. The lowest BCUT2D eigenvalue weighted by atomic mass is 10.2. The molecule has 6 heteroatoms. The molecule has 1 aliphatic rings. The summed E-state index contributed by atoms with van der Waals surface area (Å²) < 4.78 is 9.44. The van der Waals surface area contributed by atoms with E-state index < -0.39 is 24.4 Å². The second-order valence-corrected chi connectivity index (χ2v) is 3.86. The molecule has 0 aromatic heterocycles. The van der Waals surface area contributed by atoms with E-state index in [9.17, 15) is 9.59 Å². The lowest BCUT2D eigenvalue weighted by Crippen LogP contribution is -2.33. The Bertz CT molecular complexity index is 433. The lowest BCUT2D eigenvalue weighted by Gasteiger charge is -2.07. The molecule has 0 bridgehead atoms. The van der Waals surface area contributed by atoms with Crippen molar-refractivity contribution in [2.75, 3.05) is 0 Å². The van der Waals surface area contributed by atoms with Crippen LogP contribution in [0.25, 0.3) is 0 Å². The maximum absolute atomic E-state index is 11.5. The Hall–Kier alpha value is -1.92. The molecule has 2 unspecified atom stereocenters. The molecule has 0 radical (unpaired) electrons. The van der Waals surface area contributed by atoms with Gasteiger partial charge in [0.1, 0.15) is 12.6 Å². The summed E-state index contributed by atoms with van der Waals surface area (Å²) in [4.78, 5) is 22.6. The Kier molecular flexibility index (Phi) is 3.91. The molecule has 1 aromatic carbocycles.